The number of halogens is 1. The average Bonchev–Trinajstić information content (AvgIpc) is 2.72. The van der Waals surface area contributed by atoms with Crippen LogP contribution in [0.2, 0.25) is 5.02 Å². The summed E-state index contributed by atoms with van der Waals surface area (Å²) in [4.78, 5) is 1.45. The molecule has 0 fully saturated rings. The fraction of sp³-hybridized carbons (Fsp3) is 0.364. The van der Waals surface area contributed by atoms with Crippen LogP contribution in [0, 0.1) is 0 Å². The Balaban J connectivity index is 1.95. The van der Waals surface area contributed by atoms with Crippen molar-refractivity contribution in [1.29, 1.82) is 0 Å². The molecule has 0 spiro atoms. The highest BCUT2D eigenvalue weighted by molar-refractivity contribution is 6.30. The number of rotatable bonds is 4. The zero-order chi connectivity index (χ0) is 12.3. The van der Waals surface area contributed by atoms with Gasteiger partial charge < -0.3 is 5.32 Å². The molecule has 0 amide bonds. The van der Waals surface area contributed by atoms with E-state index in [1.54, 1.807) is 7.05 Å². The van der Waals surface area contributed by atoms with Gasteiger partial charge in [-0.25, -0.2) is 0 Å². The molecule has 0 aliphatic carbocycles. The predicted octanol–water partition coefficient (Wildman–Crippen LogP) is 1.71. The second-order valence-electron chi connectivity index (χ2n) is 3.85. The Labute approximate surface area is 105 Å². The second-order valence-corrected chi connectivity index (χ2v) is 4.29. The van der Waals surface area contributed by atoms with Gasteiger partial charge in [-0.15, -0.1) is 10.2 Å². The summed E-state index contributed by atoms with van der Waals surface area (Å²) in [6.07, 6.45) is 0. The molecule has 2 rings (SSSR count). The normalized spacial score (nSPS) is 12.6. The molecule has 0 saturated heterocycles. The summed E-state index contributed by atoms with van der Waals surface area (Å²) in [6.45, 7) is 2.66. The van der Waals surface area contributed by atoms with E-state index < -0.39 is 0 Å². The van der Waals surface area contributed by atoms with Gasteiger partial charge in [-0.2, -0.15) is 4.80 Å². The third-order valence-corrected chi connectivity index (χ3v) is 2.70. The Bertz CT molecular complexity index is 496. The average molecular weight is 252 g/mol. The van der Waals surface area contributed by atoms with Crippen molar-refractivity contribution in [2.24, 2.45) is 7.05 Å². The minimum atomic E-state index is 0.192. The molecule has 0 bridgehead atoms. The van der Waals surface area contributed by atoms with Gasteiger partial charge in [0.1, 0.15) is 0 Å². The van der Waals surface area contributed by atoms with E-state index in [2.05, 4.69) is 27.7 Å². The van der Waals surface area contributed by atoms with Crippen LogP contribution >= 0.6 is 11.6 Å². The Morgan fingerprint density at radius 2 is 2.29 bits per heavy atom. The molecule has 1 N–H and O–H groups in total. The maximum atomic E-state index is 5.94. The van der Waals surface area contributed by atoms with E-state index >= 15 is 0 Å². The number of nitrogens with zero attached hydrogens (tertiary/aromatic N) is 4. The maximum Gasteiger partial charge on any atom is 0.188 e. The van der Waals surface area contributed by atoms with Crippen LogP contribution in [0.1, 0.15) is 24.4 Å². The van der Waals surface area contributed by atoms with Gasteiger partial charge in [-0.05, 0) is 29.8 Å². The summed E-state index contributed by atoms with van der Waals surface area (Å²) in [5.41, 5.74) is 1.14. The molecule has 17 heavy (non-hydrogen) atoms. The van der Waals surface area contributed by atoms with Gasteiger partial charge in [0.15, 0.2) is 5.82 Å². The quantitative estimate of drug-likeness (QED) is 0.899. The lowest BCUT2D eigenvalue weighted by Crippen LogP contribution is -2.19. The highest BCUT2D eigenvalue weighted by Gasteiger charge is 2.07. The molecule has 0 radical (unpaired) electrons. The Hall–Kier alpha value is -1.46. The SMILES string of the molecule is C[C@H](NCc1nnn(C)n1)c1cccc(Cl)c1. The number of nitrogens with one attached hydrogen (secondary N) is 1. The third kappa shape index (κ3) is 3.25. The van der Waals surface area contributed by atoms with Gasteiger partial charge in [0, 0.05) is 11.1 Å². The zero-order valence-corrected chi connectivity index (χ0v) is 10.5. The van der Waals surface area contributed by atoms with Crippen LogP contribution in [0.3, 0.4) is 0 Å². The minimum Gasteiger partial charge on any atom is -0.303 e. The lowest BCUT2D eigenvalue weighted by Gasteiger charge is -2.12. The van der Waals surface area contributed by atoms with Crippen LogP contribution in [0.25, 0.3) is 0 Å². The molecule has 0 unspecified atom stereocenters. The number of hydrogen-bond donors (Lipinski definition) is 1. The molecular formula is C11H14ClN5. The monoisotopic (exact) mass is 251 g/mol. The molecule has 90 valence electrons. The van der Waals surface area contributed by atoms with E-state index in [9.17, 15) is 0 Å². The van der Waals surface area contributed by atoms with Crippen molar-refractivity contribution in [1.82, 2.24) is 25.5 Å². The first-order chi connectivity index (χ1) is 8.15. The molecule has 6 heteroatoms. The Morgan fingerprint density at radius 3 is 2.94 bits per heavy atom. The van der Waals surface area contributed by atoms with E-state index in [0.717, 1.165) is 10.6 Å². The largest absolute Gasteiger partial charge is 0.303 e. The summed E-state index contributed by atoms with van der Waals surface area (Å²) < 4.78 is 0. The first kappa shape index (κ1) is 12.0. The van der Waals surface area contributed by atoms with Crippen molar-refractivity contribution in [3.05, 3.63) is 40.7 Å². The van der Waals surface area contributed by atoms with Crippen LogP contribution in [0.4, 0.5) is 0 Å². The fourth-order valence-electron chi connectivity index (χ4n) is 1.53. The highest BCUT2D eigenvalue weighted by Crippen LogP contribution is 2.17. The van der Waals surface area contributed by atoms with Gasteiger partial charge in [0.2, 0.25) is 0 Å². The van der Waals surface area contributed by atoms with Crippen LogP contribution < -0.4 is 5.32 Å². The Morgan fingerprint density at radius 1 is 1.47 bits per heavy atom. The van der Waals surface area contributed by atoms with Crippen molar-refractivity contribution in [3.63, 3.8) is 0 Å². The van der Waals surface area contributed by atoms with E-state index in [-0.39, 0.29) is 6.04 Å². The van der Waals surface area contributed by atoms with E-state index in [1.807, 2.05) is 24.3 Å². The van der Waals surface area contributed by atoms with Crippen LogP contribution in [0.5, 0.6) is 0 Å². The lowest BCUT2D eigenvalue weighted by molar-refractivity contribution is 0.555. The van der Waals surface area contributed by atoms with Crippen LogP contribution in [0.15, 0.2) is 24.3 Å². The predicted molar refractivity (Wildman–Crippen MR) is 65.5 cm³/mol. The van der Waals surface area contributed by atoms with Gasteiger partial charge in [-0.1, -0.05) is 23.7 Å². The molecule has 1 atom stereocenters. The maximum absolute atomic E-state index is 5.94. The summed E-state index contributed by atoms with van der Waals surface area (Å²) in [5, 5.41) is 15.9. The summed E-state index contributed by atoms with van der Waals surface area (Å²) >= 11 is 5.94. The van der Waals surface area contributed by atoms with E-state index in [4.69, 9.17) is 11.6 Å². The van der Waals surface area contributed by atoms with Gasteiger partial charge >= 0.3 is 0 Å². The second kappa shape index (κ2) is 5.25. The van der Waals surface area contributed by atoms with Crippen molar-refractivity contribution < 1.29 is 0 Å². The molecule has 0 aliphatic rings. The lowest BCUT2D eigenvalue weighted by atomic mass is 10.1. The summed E-state index contributed by atoms with van der Waals surface area (Å²) in [5.74, 6) is 0.682. The fourth-order valence-corrected chi connectivity index (χ4v) is 1.73. The van der Waals surface area contributed by atoms with Gasteiger partial charge in [0.05, 0.1) is 13.6 Å². The number of benzene rings is 1. The molecule has 2 aromatic rings. The minimum absolute atomic E-state index is 0.192. The molecule has 1 aromatic heterocycles. The van der Waals surface area contributed by atoms with Crippen LogP contribution in [-0.2, 0) is 13.6 Å². The van der Waals surface area contributed by atoms with Crippen molar-refractivity contribution in [3.8, 4) is 0 Å². The van der Waals surface area contributed by atoms with E-state index in [1.165, 1.54) is 4.80 Å². The van der Waals surface area contributed by atoms with Crippen LogP contribution in [-0.4, -0.2) is 20.2 Å². The molecule has 5 nitrogen and oxygen atoms in total. The number of aryl methyl sites for hydroxylation is 1. The zero-order valence-electron chi connectivity index (χ0n) is 9.76. The Kier molecular flexibility index (Phi) is 3.71. The highest BCUT2D eigenvalue weighted by atomic mass is 35.5. The smallest absolute Gasteiger partial charge is 0.188 e. The van der Waals surface area contributed by atoms with E-state index in [0.29, 0.717) is 12.4 Å². The molecule has 0 aliphatic heterocycles. The topological polar surface area (TPSA) is 55.6 Å². The van der Waals surface area contributed by atoms with Gasteiger partial charge in [-0.3, -0.25) is 0 Å². The molecule has 1 aromatic carbocycles. The first-order valence-corrected chi connectivity index (χ1v) is 5.74. The number of tetrazole rings is 1. The standard InChI is InChI=1S/C11H14ClN5/c1-8(9-4-3-5-10(12)6-9)13-7-11-14-16-17(2)15-11/h3-6,8,13H,7H2,1-2H3/t8-/m0/s1. The summed E-state index contributed by atoms with van der Waals surface area (Å²) in [7, 11) is 1.75. The first-order valence-electron chi connectivity index (χ1n) is 5.37. The summed E-state index contributed by atoms with van der Waals surface area (Å²) in [6, 6.07) is 7.98. The molecule has 1 heterocycles. The van der Waals surface area contributed by atoms with Crippen molar-refractivity contribution in [2.45, 2.75) is 19.5 Å². The third-order valence-electron chi connectivity index (χ3n) is 2.46. The molecular weight excluding hydrogens is 238 g/mol. The van der Waals surface area contributed by atoms with Crippen molar-refractivity contribution in [2.75, 3.05) is 0 Å². The number of hydrogen-bond acceptors (Lipinski definition) is 4. The van der Waals surface area contributed by atoms with Gasteiger partial charge in [0.25, 0.3) is 0 Å². The molecule has 0 saturated carbocycles. The van der Waals surface area contributed by atoms with Crippen molar-refractivity contribution >= 4 is 11.6 Å². The number of aromatic nitrogens is 4.